The molecule has 0 fully saturated rings. The minimum Gasteiger partial charge on any atom is -0.478 e. The van der Waals surface area contributed by atoms with E-state index in [-0.39, 0.29) is 22.2 Å². The lowest BCUT2D eigenvalue weighted by atomic mass is 9.95. The predicted octanol–water partition coefficient (Wildman–Crippen LogP) is 7.59. The Bertz CT molecular complexity index is 966. The maximum absolute atomic E-state index is 14.5. The Morgan fingerprint density at radius 1 is 0.966 bits per heavy atom. The number of halogens is 9. The molecule has 1 atom stereocenters. The van der Waals surface area contributed by atoms with Crippen LogP contribution in [-0.2, 0) is 6.18 Å². The third kappa shape index (κ3) is 5.59. The van der Waals surface area contributed by atoms with Gasteiger partial charge >= 0.3 is 18.3 Å². The van der Waals surface area contributed by atoms with E-state index in [4.69, 9.17) is 5.11 Å². The van der Waals surface area contributed by atoms with Crippen LogP contribution >= 0.6 is 31.9 Å². The second-order valence-corrected chi connectivity index (χ2v) is 7.48. The van der Waals surface area contributed by atoms with Crippen molar-refractivity contribution in [2.24, 2.45) is 0 Å². The summed E-state index contributed by atoms with van der Waals surface area (Å²) < 4.78 is 94.8. The molecule has 0 bridgehead atoms. The van der Waals surface area contributed by atoms with Gasteiger partial charge in [0, 0.05) is 14.5 Å². The van der Waals surface area contributed by atoms with Crippen molar-refractivity contribution in [3.63, 3.8) is 0 Å². The van der Waals surface area contributed by atoms with Gasteiger partial charge < -0.3 is 5.11 Å². The van der Waals surface area contributed by atoms with Crippen LogP contribution in [0.5, 0.6) is 0 Å². The number of allylic oxidation sites excluding steroid dienone is 1. The molecule has 2 aromatic carbocycles. The van der Waals surface area contributed by atoms with Gasteiger partial charge in [0.05, 0.1) is 11.1 Å². The van der Waals surface area contributed by atoms with Crippen molar-refractivity contribution in [1.82, 2.24) is 0 Å². The molecule has 0 saturated carbocycles. The van der Waals surface area contributed by atoms with E-state index < -0.39 is 46.8 Å². The first kappa shape index (κ1) is 23.4. The quantitative estimate of drug-likeness (QED) is 0.399. The molecule has 0 saturated heterocycles. The van der Waals surface area contributed by atoms with E-state index in [1.807, 2.05) is 0 Å². The van der Waals surface area contributed by atoms with Gasteiger partial charge in [-0.2, -0.15) is 26.3 Å². The SMILES string of the molecule is O=C(O)c1ccc(/C(F)=C/C(c2ccc(Br)c(Br)c2)C(F)(F)F)cc1C(F)(F)F. The Balaban J connectivity index is 2.58. The highest BCUT2D eigenvalue weighted by atomic mass is 79.9. The van der Waals surface area contributed by atoms with Crippen LogP contribution < -0.4 is 0 Å². The number of benzene rings is 2. The number of alkyl halides is 6. The molecule has 0 amide bonds. The number of hydrogen-bond donors (Lipinski definition) is 1. The van der Waals surface area contributed by atoms with Crippen molar-refractivity contribution < 1.29 is 40.6 Å². The minimum atomic E-state index is -5.13. The van der Waals surface area contributed by atoms with Gasteiger partial charge in [0.1, 0.15) is 11.7 Å². The summed E-state index contributed by atoms with van der Waals surface area (Å²) in [5, 5.41) is 8.84. The Kier molecular flexibility index (Phi) is 6.83. The molecular formula is C18H9Br2F7O2. The van der Waals surface area contributed by atoms with Crippen LogP contribution in [0.3, 0.4) is 0 Å². The van der Waals surface area contributed by atoms with E-state index in [0.29, 0.717) is 16.6 Å². The van der Waals surface area contributed by atoms with Crippen molar-refractivity contribution in [2.45, 2.75) is 18.3 Å². The topological polar surface area (TPSA) is 37.3 Å². The number of rotatable bonds is 4. The van der Waals surface area contributed by atoms with Crippen molar-refractivity contribution in [3.8, 4) is 0 Å². The molecule has 156 valence electrons. The van der Waals surface area contributed by atoms with Crippen LogP contribution in [0.4, 0.5) is 30.7 Å². The van der Waals surface area contributed by atoms with Crippen LogP contribution in [0.15, 0.2) is 51.4 Å². The van der Waals surface area contributed by atoms with E-state index >= 15 is 0 Å². The van der Waals surface area contributed by atoms with Crippen LogP contribution in [0, 0.1) is 0 Å². The number of carbonyl (C=O) groups is 1. The average molecular weight is 550 g/mol. The number of carboxylic acids is 1. The molecular weight excluding hydrogens is 541 g/mol. The molecule has 0 spiro atoms. The van der Waals surface area contributed by atoms with E-state index in [0.717, 1.165) is 12.1 Å². The van der Waals surface area contributed by atoms with Gasteiger partial charge in [-0.15, -0.1) is 0 Å². The molecule has 0 heterocycles. The first-order valence-electron chi connectivity index (χ1n) is 7.55. The van der Waals surface area contributed by atoms with Gasteiger partial charge in [-0.1, -0.05) is 12.1 Å². The minimum absolute atomic E-state index is 0.144. The Hall–Kier alpha value is -1.88. The first-order valence-corrected chi connectivity index (χ1v) is 9.14. The third-order valence-corrected chi connectivity index (χ3v) is 5.68. The molecule has 0 aromatic heterocycles. The van der Waals surface area contributed by atoms with Crippen LogP contribution in [-0.4, -0.2) is 17.3 Å². The Labute approximate surface area is 176 Å². The lowest BCUT2D eigenvalue weighted by Gasteiger charge is -2.18. The fourth-order valence-corrected chi connectivity index (χ4v) is 3.09. The van der Waals surface area contributed by atoms with E-state index in [2.05, 4.69) is 31.9 Å². The maximum atomic E-state index is 14.5. The van der Waals surface area contributed by atoms with E-state index in [1.54, 1.807) is 0 Å². The first-order chi connectivity index (χ1) is 13.2. The smallest absolute Gasteiger partial charge is 0.417 e. The second-order valence-electron chi connectivity index (χ2n) is 5.77. The number of aromatic carboxylic acids is 1. The summed E-state index contributed by atoms with van der Waals surface area (Å²) in [7, 11) is 0. The number of carboxylic acid groups (broad SMARTS) is 1. The van der Waals surface area contributed by atoms with Gasteiger partial charge in [0.25, 0.3) is 0 Å². The van der Waals surface area contributed by atoms with Gasteiger partial charge in [-0.3, -0.25) is 0 Å². The monoisotopic (exact) mass is 548 g/mol. The van der Waals surface area contributed by atoms with Crippen LogP contribution in [0.2, 0.25) is 0 Å². The summed E-state index contributed by atoms with van der Waals surface area (Å²) in [6, 6.07) is 4.82. The van der Waals surface area contributed by atoms with Gasteiger partial charge in [0.2, 0.25) is 0 Å². The molecule has 2 aromatic rings. The molecule has 2 nitrogen and oxygen atoms in total. The lowest BCUT2D eigenvalue weighted by molar-refractivity contribution is -0.140. The highest BCUT2D eigenvalue weighted by Crippen LogP contribution is 2.41. The molecule has 1 N–H and O–H groups in total. The summed E-state index contributed by atoms with van der Waals surface area (Å²) in [6.45, 7) is 0. The third-order valence-electron chi connectivity index (χ3n) is 3.80. The fraction of sp³-hybridized carbons (Fsp3) is 0.167. The van der Waals surface area contributed by atoms with Gasteiger partial charge in [-0.25, -0.2) is 9.18 Å². The number of hydrogen-bond acceptors (Lipinski definition) is 1. The Morgan fingerprint density at radius 3 is 2.07 bits per heavy atom. The summed E-state index contributed by atoms with van der Waals surface area (Å²) in [6.07, 6.45) is -9.92. The summed E-state index contributed by atoms with van der Waals surface area (Å²) in [4.78, 5) is 10.9. The van der Waals surface area contributed by atoms with Crippen LogP contribution in [0.25, 0.3) is 5.83 Å². The van der Waals surface area contributed by atoms with E-state index in [9.17, 15) is 35.5 Å². The van der Waals surface area contributed by atoms with Crippen molar-refractivity contribution in [1.29, 1.82) is 0 Å². The average Bonchev–Trinajstić information content (AvgIpc) is 2.59. The zero-order valence-electron chi connectivity index (χ0n) is 13.9. The van der Waals surface area contributed by atoms with E-state index in [1.165, 1.54) is 6.07 Å². The molecule has 2 rings (SSSR count). The largest absolute Gasteiger partial charge is 0.478 e. The molecule has 29 heavy (non-hydrogen) atoms. The van der Waals surface area contributed by atoms with Gasteiger partial charge in [0.15, 0.2) is 0 Å². The molecule has 0 radical (unpaired) electrons. The Morgan fingerprint density at radius 2 is 1.59 bits per heavy atom. The van der Waals surface area contributed by atoms with Gasteiger partial charge in [-0.05, 0) is 67.8 Å². The zero-order valence-corrected chi connectivity index (χ0v) is 17.0. The lowest BCUT2D eigenvalue weighted by Crippen LogP contribution is -2.19. The highest BCUT2D eigenvalue weighted by molar-refractivity contribution is 9.13. The summed E-state index contributed by atoms with van der Waals surface area (Å²) in [5.41, 5.74) is -3.98. The predicted molar refractivity (Wildman–Crippen MR) is 98.1 cm³/mol. The molecule has 0 aliphatic carbocycles. The molecule has 1 unspecified atom stereocenters. The maximum Gasteiger partial charge on any atom is 0.417 e. The molecule has 0 aliphatic heterocycles. The van der Waals surface area contributed by atoms with Crippen LogP contribution in [0.1, 0.15) is 33.0 Å². The molecule has 11 heteroatoms. The normalized spacial score (nSPS) is 14.0. The molecule has 0 aliphatic rings. The fourth-order valence-electron chi connectivity index (χ4n) is 2.44. The second kappa shape index (κ2) is 8.47. The van der Waals surface area contributed by atoms with Crippen molar-refractivity contribution in [2.75, 3.05) is 0 Å². The highest BCUT2D eigenvalue weighted by Gasteiger charge is 2.40. The summed E-state index contributed by atoms with van der Waals surface area (Å²) >= 11 is 6.13. The van der Waals surface area contributed by atoms with Crippen molar-refractivity contribution >= 4 is 43.7 Å². The summed E-state index contributed by atoms with van der Waals surface area (Å²) in [5.74, 6) is -5.92. The standard InChI is InChI=1S/C18H9Br2F7O2/c19-13-4-2-8(6-14(13)20)11(17(22,23)24)7-15(21)9-1-3-10(16(28)29)12(5-9)18(25,26)27/h1-7,11H,(H,28,29)/b15-7-. The zero-order chi connectivity index (χ0) is 22.1. The van der Waals surface area contributed by atoms with Crippen molar-refractivity contribution in [3.05, 3.63) is 73.7 Å².